The summed E-state index contributed by atoms with van der Waals surface area (Å²) in [5.74, 6) is -0.190. The third kappa shape index (κ3) is 2.66. The number of aldehydes is 1. The zero-order valence-electron chi connectivity index (χ0n) is 13.4. The Morgan fingerprint density at radius 2 is 1.40 bits per heavy atom. The molecule has 0 saturated heterocycles. The van der Waals surface area contributed by atoms with E-state index in [4.69, 9.17) is 0 Å². The number of carbonyl (C=O) groups is 2. The van der Waals surface area contributed by atoms with Crippen molar-refractivity contribution < 1.29 is 9.59 Å². The number of nitrogens with one attached hydrogen (secondary N) is 1. The summed E-state index contributed by atoms with van der Waals surface area (Å²) < 4.78 is 0. The van der Waals surface area contributed by atoms with E-state index in [1.165, 1.54) is 0 Å². The molecule has 0 aliphatic heterocycles. The van der Waals surface area contributed by atoms with Crippen molar-refractivity contribution in [1.29, 1.82) is 0 Å². The number of anilines is 1. The van der Waals surface area contributed by atoms with Gasteiger partial charge in [-0.15, -0.1) is 0 Å². The van der Waals surface area contributed by atoms with Crippen molar-refractivity contribution in [1.82, 2.24) is 0 Å². The van der Waals surface area contributed by atoms with Crippen LogP contribution in [0, 0.1) is 0 Å². The van der Waals surface area contributed by atoms with Crippen molar-refractivity contribution in [3.05, 3.63) is 90.0 Å². The largest absolute Gasteiger partial charge is 0.321 e. The molecular formula is C22H15NO2. The maximum Gasteiger partial charge on any atom is 0.256 e. The SMILES string of the molecule is O=Cc1ccc(C(=O)Nc2cccc3ccccc23)c2ccccc12. The van der Waals surface area contributed by atoms with E-state index < -0.39 is 0 Å². The van der Waals surface area contributed by atoms with Crippen LogP contribution in [-0.2, 0) is 0 Å². The van der Waals surface area contributed by atoms with E-state index >= 15 is 0 Å². The molecule has 4 aromatic rings. The monoisotopic (exact) mass is 325 g/mol. The maximum atomic E-state index is 12.9. The second-order valence-electron chi connectivity index (χ2n) is 5.85. The van der Waals surface area contributed by atoms with Gasteiger partial charge in [-0.3, -0.25) is 9.59 Å². The molecule has 0 bridgehead atoms. The van der Waals surface area contributed by atoms with E-state index in [-0.39, 0.29) is 5.91 Å². The minimum atomic E-state index is -0.190. The number of hydrogen-bond donors (Lipinski definition) is 1. The Labute approximate surface area is 144 Å². The summed E-state index contributed by atoms with van der Waals surface area (Å²) in [6.45, 7) is 0. The van der Waals surface area contributed by atoms with Crippen molar-refractivity contribution >= 4 is 39.4 Å². The lowest BCUT2D eigenvalue weighted by Crippen LogP contribution is -2.13. The molecule has 0 aliphatic carbocycles. The first kappa shape index (κ1) is 15.1. The minimum absolute atomic E-state index is 0.190. The second kappa shape index (κ2) is 6.21. The van der Waals surface area contributed by atoms with Gasteiger partial charge in [0.05, 0.1) is 0 Å². The predicted octanol–water partition coefficient (Wildman–Crippen LogP) is 5.06. The van der Waals surface area contributed by atoms with Crippen molar-refractivity contribution in [3.8, 4) is 0 Å². The van der Waals surface area contributed by atoms with Gasteiger partial charge in [-0.25, -0.2) is 0 Å². The molecule has 25 heavy (non-hydrogen) atoms. The van der Waals surface area contributed by atoms with Gasteiger partial charge < -0.3 is 5.32 Å². The number of benzene rings is 4. The molecule has 0 saturated carbocycles. The first-order chi connectivity index (χ1) is 12.3. The molecule has 0 unspecified atom stereocenters. The molecule has 3 nitrogen and oxygen atoms in total. The second-order valence-corrected chi connectivity index (χ2v) is 5.85. The Morgan fingerprint density at radius 3 is 2.20 bits per heavy atom. The van der Waals surface area contributed by atoms with Crippen molar-refractivity contribution in [2.75, 3.05) is 5.32 Å². The van der Waals surface area contributed by atoms with Crippen molar-refractivity contribution in [2.24, 2.45) is 0 Å². The molecular weight excluding hydrogens is 310 g/mol. The maximum absolute atomic E-state index is 12.9. The van der Waals surface area contributed by atoms with Crippen LogP contribution in [0.1, 0.15) is 20.7 Å². The van der Waals surface area contributed by atoms with Crippen LogP contribution < -0.4 is 5.32 Å². The van der Waals surface area contributed by atoms with E-state index in [1.54, 1.807) is 12.1 Å². The number of hydrogen-bond acceptors (Lipinski definition) is 2. The summed E-state index contributed by atoms with van der Waals surface area (Å²) in [4.78, 5) is 24.1. The fraction of sp³-hybridized carbons (Fsp3) is 0. The smallest absolute Gasteiger partial charge is 0.256 e. The van der Waals surface area contributed by atoms with E-state index in [1.807, 2.05) is 66.7 Å². The highest BCUT2D eigenvalue weighted by Crippen LogP contribution is 2.26. The Morgan fingerprint density at radius 1 is 0.720 bits per heavy atom. The lowest BCUT2D eigenvalue weighted by atomic mass is 9.99. The summed E-state index contributed by atoms with van der Waals surface area (Å²) in [5, 5.41) is 6.62. The van der Waals surface area contributed by atoms with Crippen LogP contribution >= 0.6 is 0 Å². The topological polar surface area (TPSA) is 46.2 Å². The fourth-order valence-corrected chi connectivity index (χ4v) is 3.15. The standard InChI is InChI=1S/C22H15NO2/c24-14-16-12-13-20(19-10-4-3-8-17(16)19)22(25)23-21-11-5-7-15-6-1-2-9-18(15)21/h1-14H,(H,23,25). The molecule has 0 heterocycles. The summed E-state index contributed by atoms with van der Waals surface area (Å²) >= 11 is 0. The molecule has 0 aliphatic rings. The van der Waals surface area contributed by atoms with Gasteiger partial charge in [0.2, 0.25) is 0 Å². The zero-order valence-corrected chi connectivity index (χ0v) is 13.4. The molecule has 3 heteroatoms. The number of amides is 1. The third-order valence-electron chi connectivity index (χ3n) is 4.37. The molecule has 0 aromatic heterocycles. The molecule has 1 amide bonds. The first-order valence-electron chi connectivity index (χ1n) is 8.04. The van der Waals surface area contributed by atoms with Gasteiger partial charge in [0.15, 0.2) is 6.29 Å². The Balaban J connectivity index is 1.79. The van der Waals surface area contributed by atoms with Gasteiger partial charge in [0, 0.05) is 22.2 Å². The molecule has 1 N–H and O–H groups in total. The van der Waals surface area contributed by atoms with Gasteiger partial charge in [0.25, 0.3) is 5.91 Å². The quantitative estimate of drug-likeness (QED) is 0.535. The van der Waals surface area contributed by atoms with Gasteiger partial charge in [0.1, 0.15) is 0 Å². The first-order valence-corrected chi connectivity index (χ1v) is 8.04. The molecule has 0 spiro atoms. The summed E-state index contributed by atoms with van der Waals surface area (Å²) in [6.07, 6.45) is 0.814. The highest BCUT2D eigenvalue weighted by molar-refractivity contribution is 6.17. The molecule has 0 fully saturated rings. The molecule has 0 atom stereocenters. The number of carbonyl (C=O) groups excluding carboxylic acids is 2. The van der Waals surface area contributed by atoms with Crippen LogP contribution in [0.2, 0.25) is 0 Å². The Bertz CT molecular complexity index is 1110. The fourth-order valence-electron chi connectivity index (χ4n) is 3.15. The van der Waals surface area contributed by atoms with Crippen LogP contribution in [0.4, 0.5) is 5.69 Å². The lowest BCUT2D eigenvalue weighted by Gasteiger charge is -2.11. The highest BCUT2D eigenvalue weighted by Gasteiger charge is 2.13. The predicted molar refractivity (Wildman–Crippen MR) is 101 cm³/mol. The molecule has 4 rings (SSSR count). The average molecular weight is 325 g/mol. The minimum Gasteiger partial charge on any atom is -0.321 e. The van der Waals surface area contributed by atoms with Gasteiger partial charge >= 0.3 is 0 Å². The highest BCUT2D eigenvalue weighted by atomic mass is 16.1. The van der Waals surface area contributed by atoms with Crippen molar-refractivity contribution in [2.45, 2.75) is 0 Å². The Hall–Kier alpha value is -3.46. The van der Waals surface area contributed by atoms with Crippen LogP contribution in [0.3, 0.4) is 0 Å². The molecule has 0 radical (unpaired) electrons. The van der Waals surface area contributed by atoms with Crippen LogP contribution in [0.5, 0.6) is 0 Å². The third-order valence-corrected chi connectivity index (χ3v) is 4.37. The molecule has 4 aromatic carbocycles. The van der Waals surface area contributed by atoms with E-state index in [2.05, 4.69) is 5.32 Å². The normalized spacial score (nSPS) is 10.7. The lowest BCUT2D eigenvalue weighted by molar-refractivity contribution is 0.102. The van der Waals surface area contributed by atoms with Crippen molar-refractivity contribution in [3.63, 3.8) is 0 Å². The average Bonchev–Trinajstić information content (AvgIpc) is 2.67. The number of rotatable bonds is 3. The zero-order chi connectivity index (χ0) is 17.2. The van der Waals surface area contributed by atoms with Gasteiger partial charge in [-0.05, 0) is 28.3 Å². The van der Waals surface area contributed by atoms with Gasteiger partial charge in [-0.1, -0.05) is 66.7 Å². The van der Waals surface area contributed by atoms with E-state index in [0.717, 1.165) is 33.5 Å². The van der Waals surface area contributed by atoms with Gasteiger partial charge in [-0.2, -0.15) is 0 Å². The van der Waals surface area contributed by atoms with Crippen LogP contribution in [0.25, 0.3) is 21.5 Å². The van der Waals surface area contributed by atoms with E-state index in [0.29, 0.717) is 11.1 Å². The van der Waals surface area contributed by atoms with Crippen LogP contribution in [0.15, 0.2) is 78.9 Å². The summed E-state index contributed by atoms with van der Waals surface area (Å²) in [7, 11) is 0. The van der Waals surface area contributed by atoms with E-state index in [9.17, 15) is 9.59 Å². The number of fused-ring (bicyclic) bond motifs is 2. The molecule has 120 valence electrons. The van der Waals surface area contributed by atoms with Crippen LogP contribution in [-0.4, -0.2) is 12.2 Å². The summed E-state index contributed by atoms with van der Waals surface area (Å²) in [5.41, 5.74) is 1.90. The summed E-state index contributed by atoms with van der Waals surface area (Å²) in [6, 6.07) is 24.6. The Kier molecular flexibility index (Phi) is 3.75.